The van der Waals surface area contributed by atoms with Gasteiger partial charge in [0.1, 0.15) is 5.82 Å². The summed E-state index contributed by atoms with van der Waals surface area (Å²) in [6.07, 6.45) is 7.57. The zero-order chi connectivity index (χ0) is 19.8. The predicted octanol–water partition coefficient (Wildman–Crippen LogP) is 5.89. The van der Waals surface area contributed by atoms with E-state index in [0.717, 1.165) is 29.8 Å². The molecule has 0 saturated heterocycles. The summed E-state index contributed by atoms with van der Waals surface area (Å²) in [7, 11) is 0. The fraction of sp³-hybridized carbons (Fsp3) is 0.417. The van der Waals surface area contributed by atoms with E-state index in [1.54, 1.807) is 0 Å². The summed E-state index contributed by atoms with van der Waals surface area (Å²) in [6.45, 7) is 5.20. The number of nitrogens with zero attached hydrogens (tertiary/aromatic N) is 2. The minimum atomic E-state index is -0.153. The molecular weight excluding hydrogens is 346 g/mol. The van der Waals surface area contributed by atoms with E-state index in [4.69, 9.17) is 4.98 Å². The average Bonchev–Trinajstić information content (AvgIpc) is 3.10. The number of unbranched alkanes of at least 4 members (excludes halogenated alkanes) is 5. The minimum absolute atomic E-state index is 0.0636. The normalized spacial score (nSPS) is 12.2. The molecule has 4 heteroatoms. The molecule has 148 valence electrons. The highest BCUT2D eigenvalue weighted by molar-refractivity contribution is 5.94. The van der Waals surface area contributed by atoms with Crippen molar-refractivity contribution < 1.29 is 4.79 Å². The molecule has 1 heterocycles. The zero-order valence-corrected chi connectivity index (χ0v) is 17.0. The Kier molecular flexibility index (Phi) is 7.24. The largest absolute Gasteiger partial charge is 0.342 e. The molecule has 0 radical (unpaired) electrons. The van der Waals surface area contributed by atoms with Crippen LogP contribution in [0, 0.1) is 0 Å². The lowest BCUT2D eigenvalue weighted by molar-refractivity contribution is 0.0937. The van der Waals surface area contributed by atoms with E-state index in [0.29, 0.717) is 5.56 Å². The highest BCUT2D eigenvalue weighted by atomic mass is 16.1. The fourth-order valence-electron chi connectivity index (χ4n) is 3.64. The van der Waals surface area contributed by atoms with Crippen molar-refractivity contribution in [3.05, 3.63) is 66.0 Å². The van der Waals surface area contributed by atoms with Crippen molar-refractivity contribution in [2.45, 2.75) is 65.0 Å². The number of fused-ring (bicyclic) bond motifs is 1. The van der Waals surface area contributed by atoms with Crippen molar-refractivity contribution in [3.63, 3.8) is 0 Å². The van der Waals surface area contributed by atoms with Gasteiger partial charge in [-0.25, -0.2) is 4.98 Å². The van der Waals surface area contributed by atoms with Crippen molar-refractivity contribution >= 4 is 16.9 Å². The van der Waals surface area contributed by atoms with E-state index in [2.05, 4.69) is 28.9 Å². The van der Waals surface area contributed by atoms with Crippen LogP contribution in [0.25, 0.3) is 11.0 Å². The third kappa shape index (κ3) is 5.00. The molecule has 0 aliphatic carbocycles. The number of hydrogen-bond acceptors (Lipinski definition) is 2. The van der Waals surface area contributed by atoms with Gasteiger partial charge in [0, 0.05) is 12.1 Å². The maximum Gasteiger partial charge on any atom is 0.251 e. The number of amides is 1. The van der Waals surface area contributed by atoms with Crippen LogP contribution in [0.5, 0.6) is 0 Å². The maximum atomic E-state index is 12.6. The molecule has 1 N–H and O–H groups in total. The lowest BCUT2D eigenvalue weighted by atomic mass is 10.1. The van der Waals surface area contributed by atoms with Gasteiger partial charge in [0.15, 0.2) is 0 Å². The number of hydrogen-bond donors (Lipinski definition) is 1. The predicted molar refractivity (Wildman–Crippen MR) is 115 cm³/mol. The third-order valence-electron chi connectivity index (χ3n) is 5.19. The molecule has 1 aromatic heterocycles. The zero-order valence-electron chi connectivity index (χ0n) is 17.0. The molecule has 0 aliphatic rings. The second-order valence-corrected chi connectivity index (χ2v) is 7.44. The Morgan fingerprint density at radius 2 is 1.64 bits per heavy atom. The van der Waals surface area contributed by atoms with E-state index in [9.17, 15) is 4.79 Å². The minimum Gasteiger partial charge on any atom is -0.342 e. The molecule has 0 bridgehead atoms. The van der Waals surface area contributed by atoms with Crippen LogP contribution in [0.4, 0.5) is 0 Å². The quantitative estimate of drug-likeness (QED) is 0.448. The first-order valence-electron chi connectivity index (χ1n) is 10.5. The Morgan fingerprint density at radius 3 is 2.43 bits per heavy atom. The number of para-hydroxylation sites is 2. The molecule has 3 aromatic rings. The number of rotatable bonds is 10. The van der Waals surface area contributed by atoms with E-state index < -0.39 is 0 Å². The Bertz CT molecular complexity index is 885. The van der Waals surface area contributed by atoms with Crippen LogP contribution in [0.2, 0.25) is 0 Å². The smallest absolute Gasteiger partial charge is 0.251 e. The van der Waals surface area contributed by atoms with Gasteiger partial charge in [0.05, 0.1) is 17.1 Å². The van der Waals surface area contributed by atoms with Crippen LogP contribution < -0.4 is 5.32 Å². The van der Waals surface area contributed by atoms with Gasteiger partial charge in [-0.05, 0) is 37.6 Å². The van der Waals surface area contributed by atoms with Gasteiger partial charge in [-0.1, -0.05) is 69.4 Å². The molecule has 1 amide bonds. The van der Waals surface area contributed by atoms with E-state index in [-0.39, 0.29) is 11.9 Å². The summed E-state index contributed by atoms with van der Waals surface area (Å²) in [6, 6.07) is 17.4. The maximum absolute atomic E-state index is 12.6. The fourth-order valence-corrected chi connectivity index (χ4v) is 3.64. The highest BCUT2D eigenvalue weighted by Gasteiger charge is 2.18. The van der Waals surface area contributed by atoms with Crippen LogP contribution in [-0.2, 0) is 6.54 Å². The Balaban J connectivity index is 1.73. The van der Waals surface area contributed by atoms with Gasteiger partial charge in [-0.2, -0.15) is 0 Å². The SMILES string of the molecule is CCCCCCCCn1c(C(C)NC(=O)c2ccccc2)nc2ccccc21. The summed E-state index contributed by atoms with van der Waals surface area (Å²) in [5, 5.41) is 3.11. The molecule has 4 nitrogen and oxygen atoms in total. The Hall–Kier alpha value is -2.62. The lowest BCUT2D eigenvalue weighted by Crippen LogP contribution is -2.28. The second-order valence-electron chi connectivity index (χ2n) is 7.44. The average molecular weight is 378 g/mol. The van der Waals surface area contributed by atoms with Crippen LogP contribution >= 0.6 is 0 Å². The standard InChI is InChI=1S/C24H31N3O/c1-3-4-5-6-7-13-18-27-22-17-12-11-16-21(22)26-23(27)19(2)25-24(28)20-14-9-8-10-15-20/h8-12,14-17,19H,3-7,13,18H2,1-2H3,(H,25,28). The van der Waals surface area contributed by atoms with E-state index in [1.807, 2.05) is 49.4 Å². The molecule has 2 aromatic carbocycles. The molecular formula is C24H31N3O. The topological polar surface area (TPSA) is 46.9 Å². The van der Waals surface area contributed by atoms with Crippen LogP contribution in [0.1, 0.15) is 74.6 Å². The van der Waals surface area contributed by atoms with Crippen LogP contribution in [0.3, 0.4) is 0 Å². The van der Waals surface area contributed by atoms with Crippen molar-refractivity contribution in [2.24, 2.45) is 0 Å². The monoisotopic (exact) mass is 377 g/mol. The number of carbonyl (C=O) groups excluding carboxylic acids is 1. The summed E-state index contributed by atoms with van der Waals surface area (Å²) < 4.78 is 2.28. The first kappa shape index (κ1) is 20.1. The third-order valence-corrected chi connectivity index (χ3v) is 5.19. The van der Waals surface area contributed by atoms with Crippen molar-refractivity contribution in [1.82, 2.24) is 14.9 Å². The number of aromatic nitrogens is 2. The second kappa shape index (κ2) is 10.1. The summed E-state index contributed by atoms with van der Waals surface area (Å²) in [5.74, 6) is 0.866. The highest BCUT2D eigenvalue weighted by Crippen LogP contribution is 2.22. The lowest BCUT2D eigenvalue weighted by Gasteiger charge is -2.16. The first-order chi connectivity index (χ1) is 13.7. The molecule has 3 rings (SSSR count). The van der Waals surface area contributed by atoms with Gasteiger partial charge < -0.3 is 9.88 Å². The number of nitrogens with one attached hydrogen (secondary N) is 1. The van der Waals surface area contributed by atoms with E-state index in [1.165, 1.54) is 32.1 Å². The number of aryl methyl sites for hydroxylation is 1. The van der Waals surface area contributed by atoms with Gasteiger partial charge >= 0.3 is 0 Å². The van der Waals surface area contributed by atoms with Crippen molar-refractivity contribution in [1.29, 1.82) is 0 Å². The summed E-state index contributed by atoms with van der Waals surface area (Å²) >= 11 is 0. The molecule has 0 fully saturated rings. The van der Waals surface area contributed by atoms with E-state index >= 15 is 0 Å². The molecule has 0 spiro atoms. The summed E-state index contributed by atoms with van der Waals surface area (Å²) in [4.78, 5) is 17.4. The summed E-state index contributed by atoms with van der Waals surface area (Å²) in [5.41, 5.74) is 2.81. The van der Waals surface area contributed by atoms with Crippen molar-refractivity contribution in [3.8, 4) is 0 Å². The number of carbonyl (C=O) groups is 1. The number of imidazole rings is 1. The molecule has 0 saturated carbocycles. The molecule has 0 aliphatic heterocycles. The van der Waals surface area contributed by atoms with Gasteiger partial charge in [0.25, 0.3) is 5.91 Å². The molecule has 28 heavy (non-hydrogen) atoms. The molecule has 1 unspecified atom stereocenters. The van der Waals surface area contributed by atoms with Crippen LogP contribution in [0.15, 0.2) is 54.6 Å². The van der Waals surface area contributed by atoms with Crippen LogP contribution in [-0.4, -0.2) is 15.5 Å². The van der Waals surface area contributed by atoms with Gasteiger partial charge in [-0.3, -0.25) is 4.79 Å². The van der Waals surface area contributed by atoms with Crippen molar-refractivity contribution in [2.75, 3.05) is 0 Å². The Labute approximate surface area is 168 Å². The van der Waals surface area contributed by atoms with Gasteiger partial charge in [-0.15, -0.1) is 0 Å². The van der Waals surface area contributed by atoms with Gasteiger partial charge in [0.2, 0.25) is 0 Å². The molecule has 1 atom stereocenters. The Morgan fingerprint density at radius 1 is 0.964 bits per heavy atom. The number of benzene rings is 2. The first-order valence-corrected chi connectivity index (χ1v) is 10.5.